The molecule has 0 fully saturated rings. The number of nitrogens with one attached hydrogen (secondary N) is 1. The van der Waals surface area contributed by atoms with Crippen LogP contribution in [0, 0.1) is 0 Å². The minimum atomic E-state index is -0.194. The number of hydrogen-bond donors (Lipinski definition) is 1. The van der Waals surface area contributed by atoms with Gasteiger partial charge in [-0.1, -0.05) is 44.2 Å². The number of hydrogen-bond acceptors (Lipinski definition) is 2. The third-order valence-electron chi connectivity index (χ3n) is 4.16. The summed E-state index contributed by atoms with van der Waals surface area (Å²) in [5.74, 6) is -0.388. The summed E-state index contributed by atoms with van der Waals surface area (Å²) in [6.45, 7) is 4.40. The Balaban J connectivity index is 0.000000815. The molecule has 0 atom stereocenters. The predicted octanol–water partition coefficient (Wildman–Crippen LogP) is 4.03. The van der Waals surface area contributed by atoms with Gasteiger partial charge < -0.3 is 4.98 Å². The van der Waals surface area contributed by atoms with Gasteiger partial charge in [-0.25, -0.2) is 0 Å². The van der Waals surface area contributed by atoms with E-state index in [1.165, 1.54) is 4.90 Å². The van der Waals surface area contributed by atoms with Gasteiger partial charge in [-0.05, 0) is 30.2 Å². The topological polar surface area (TPSA) is 53.2 Å². The molecule has 3 aromatic rings. The Morgan fingerprint density at radius 1 is 0.875 bits per heavy atom. The lowest BCUT2D eigenvalue weighted by Crippen LogP contribution is -2.31. The largest absolute Gasteiger partial charge is 0.361 e. The number of carbonyl (C=O) groups excluding carboxylic acids is 2. The van der Waals surface area contributed by atoms with Crippen molar-refractivity contribution in [2.24, 2.45) is 0 Å². The second kappa shape index (κ2) is 6.71. The normalized spacial score (nSPS) is 13.0. The number of para-hydroxylation sites is 1. The van der Waals surface area contributed by atoms with Crippen molar-refractivity contribution >= 4 is 22.7 Å². The van der Waals surface area contributed by atoms with Gasteiger partial charge in [0.1, 0.15) is 0 Å². The summed E-state index contributed by atoms with van der Waals surface area (Å²) in [6.07, 6.45) is 2.60. The van der Waals surface area contributed by atoms with Gasteiger partial charge in [0.05, 0.1) is 11.1 Å². The Hall–Kier alpha value is -2.88. The van der Waals surface area contributed by atoms with Crippen LogP contribution in [0.2, 0.25) is 0 Å². The van der Waals surface area contributed by atoms with Crippen LogP contribution in [-0.2, 0) is 6.42 Å². The molecule has 1 aliphatic heterocycles. The average Bonchev–Trinajstić information content (AvgIpc) is 3.16. The molecule has 0 unspecified atom stereocenters. The van der Waals surface area contributed by atoms with Crippen LogP contribution in [0.25, 0.3) is 10.9 Å². The average molecular weight is 320 g/mol. The summed E-state index contributed by atoms with van der Waals surface area (Å²) in [4.78, 5) is 29.2. The molecule has 1 aromatic heterocycles. The van der Waals surface area contributed by atoms with Gasteiger partial charge in [0.15, 0.2) is 0 Å². The minimum absolute atomic E-state index is 0.194. The van der Waals surface area contributed by atoms with Crippen LogP contribution in [-0.4, -0.2) is 28.2 Å². The van der Waals surface area contributed by atoms with E-state index in [4.69, 9.17) is 0 Å². The first kappa shape index (κ1) is 16.0. The molecule has 1 N–H and O–H groups in total. The van der Waals surface area contributed by atoms with Crippen molar-refractivity contribution in [3.63, 3.8) is 0 Å². The molecule has 4 nitrogen and oxygen atoms in total. The van der Waals surface area contributed by atoms with E-state index in [1.54, 1.807) is 24.3 Å². The second-order valence-electron chi connectivity index (χ2n) is 5.42. The van der Waals surface area contributed by atoms with E-state index in [2.05, 4.69) is 4.98 Å². The summed E-state index contributed by atoms with van der Waals surface area (Å²) in [5.41, 5.74) is 3.20. The predicted molar refractivity (Wildman–Crippen MR) is 95.2 cm³/mol. The number of aromatic amines is 1. The molecule has 0 radical (unpaired) electrons. The maximum Gasteiger partial charge on any atom is 0.261 e. The monoisotopic (exact) mass is 320 g/mol. The first-order chi connectivity index (χ1) is 11.8. The fourth-order valence-corrected chi connectivity index (χ4v) is 3.01. The van der Waals surface area contributed by atoms with Crippen molar-refractivity contribution in [3.8, 4) is 0 Å². The number of imide groups is 1. The Bertz CT molecular complexity index is 860. The number of fused-ring (bicyclic) bond motifs is 2. The number of amides is 2. The molecule has 4 heteroatoms. The molecule has 0 bridgehead atoms. The van der Waals surface area contributed by atoms with Crippen LogP contribution in [0.1, 0.15) is 40.1 Å². The molecule has 0 spiro atoms. The lowest BCUT2D eigenvalue weighted by Gasteiger charge is -2.13. The Labute approximate surface area is 141 Å². The molecular formula is C20H20N2O2. The van der Waals surface area contributed by atoms with Gasteiger partial charge in [0.2, 0.25) is 0 Å². The number of rotatable bonds is 3. The highest BCUT2D eigenvalue weighted by Gasteiger charge is 2.34. The molecule has 0 saturated heterocycles. The van der Waals surface area contributed by atoms with E-state index in [0.717, 1.165) is 16.5 Å². The fourth-order valence-electron chi connectivity index (χ4n) is 3.01. The molecule has 0 aliphatic carbocycles. The van der Waals surface area contributed by atoms with E-state index in [-0.39, 0.29) is 11.8 Å². The van der Waals surface area contributed by atoms with Crippen molar-refractivity contribution in [1.82, 2.24) is 9.88 Å². The van der Waals surface area contributed by atoms with Gasteiger partial charge in [-0.3, -0.25) is 14.5 Å². The number of carbonyl (C=O) groups is 2. The zero-order chi connectivity index (χ0) is 17.1. The molecular weight excluding hydrogens is 300 g/mol. The zero-order valence-electron chi connectivity index (χ0n) is 13.9. The molecule has 24 heavy (non-hydrogen) atoms. The number of nitrogens with zero attached hydrogens (tertiary/aromatic N) is 1. The van der Waals surface area contributed by atoms with Crippen molar-refractivity contribution in [3.05, 3.63) is 71.4 Å². The maximum absolute atomic E-state index is 12.3. The van der Waals surface area contributed by atoms with Crippen LogP contribution in [0.4, 0.5) is 0 Å². The smallest absolute Gasteiger partial charge is 0.261 e. The Morgan fingerprint density at radius 3 is 2.12 bits per heavy atom. The molecule has 4 rings (SSSR count). The standard InChI is InChI=1S/C18H14N2O2.C2H6/c21-17-14-6-1-2-7-15(14)18(22)20(17)10-9-12-11-19-16-8-4-3-5-13(12)16;1-2/h1-8,11,19H,9-10H2;1-2H3. The lowest BCUT2D eigenvalue weighted by molar-refractivity contribution is 0.0656. The molecule has 2 aromatic carbocycles. The zero-order valence-corrected chi connectivity index (χ0v) is 13.9. The summed E-state index contributed by atoms with van der Waals surface area (Å²) in [7, 11) is 0. The van der Waals surface area contributed by atoms with Gasteiger partial charge >= 0.3 is 0 Å². The van der Waals surface area contributed by atoms with Gasteiger partial charge in [0.25, 0.3) is 11.8 Å². The van der Waals surface area contributed by atoms with Gasteiger partial charge in [0, 0.05) is 23.6 Å². The Kier molecular flexibility index (Phi) is 4.47. The first-order valence-corrected chi connectivity index (χ1v) is 8.26. The van der Waals surface area contributed by atoms with E-state index < -0.39 is 0 Å². The van der Waals surface area contributed by atoms with Gasteiger partial charge in [-0.2, -0.15) is 0 Å². The third kappa shape index (κ3) is 2.60. The van der Waals surface area contributed by atoms with E-state index in [1.807, 2.05) is 44.3 Å². The third-order valence-corrected chi connectivity index (χ3v) is 4.16. The summed E-state index contributed by atoms with van der Waals surface area (Å²) >= 11 is 0. The quantitative estimate of drug-likeness (QED) is 0.741. The number of aromatic nitrogens is 1. The molecule has 1 aliphatic rings. The minimum Gasteiger partial charge on any atom is -0.361 e. The van der Waals surface area contributed by atoms with Crippen LogP contribution >= 0.6 is 0 Å². The molecule has 2 heterocycles. The van der Waals surface area contributed by atoms with Crippen molar-refractivity contribution in [2.45, 2.75) is 20.3 Å². The van der Waals surface area contributed by atoms with Crippen LogP contribution in [0.5, 0.6) is 0 Å². The second-order valence-corrected chi connectivity index (χ2v) is 5.42. The fraction of sp³-hybridized carbons (Fsp3) is 0.200. The molecule has 122 valence electrons. The Morgan fingerprint density at radius 2 is 1.46 bits per heavy atom. The highest BCUT2D eigenvalue weighted by atomic mass is 16.2. The first-order valence-electron chi connectivity index (χ1n) is 8.26. The maximum atomic E-state index is 12.3. The number of benzene rings is 2. The summed E-state index contributed by atoms with van der Waals surface area (Å²) < 4.78 is 0. The highest BCUT2D eigenvalue weighted by Crippen LogP contribution is 2.24. The van der Waals surface area contributed by atoms with Crippen LogP contribution < -0.4 is 0 Å². The number of H-pyrrole nitrogens is 1. The molecule has 2 amide bonds. The van der Waals surface area contributed by atoms with Crippen LogP contribution in [0.3, 0.4) is 0 Å². The van der Waals surface area contributed by atoms with Crippen molar-refractivity contribution < 1.29 is 9.59 Å². The van der Waals surface area contributed by atoms with Gasteiger partial charge in [-0.15, -0.1) is 0 Å². The van der Waals surface area contributed by atoms with E-state index in [9.17, 15) is 9.59 Å². The van der Waals surface area contributed by atoms with E-state index >= 15 is 0 Å². The summed E-state index contributed by atoms with van der Waals surface area (Å²) in [5, 5.41) is 1.14. The highest BCUT2D eigenvalue weighted by molar-refractivity contribution is 6.21. The van der Waals surface area contributed by atoms with Crippen molar-refractivity contribution in [1.29, 1.82) is 0 Å². The van der Waals surface area contributed by atoms with Crippen molar-refractivity contribution in [2.75, 3.05) is 6.54 Å². The summed E-state index contributed by atoms with van der Waals surface area (Å²) in [6, 6.07) is 15.0. The SMILES string of the molecule is CC.O=C1c2ccccc2C(=O)N1CCc1c[nH]c2ccccc12. The molecule has 0 saturated carbocycles. The van der Waals surface area contributed by atoms with Crippen LogP contribution in [0.15, 0.2) is 54.7 Å². The lowest BCUT2D eigenvalue weighted by atomic mass is 10.1. The van der Waals surface area contributed by atoms with E-state index in [0.29, 0.717) is 24.1 Å².